The van der Waals surface area contributed by atoms with Crippen LogP contribution in [0.5, 0.6) is 11.5 Å². The Morgan fingerprint density at radius 2 is 1.84 bits per heavy atom. The van der Waals surface area contributed by atoms with Crippen LogP contribution in [-0.4, -0.2) is 67.7 Å². The van der Waals surface area contributed by atoms with Gasteiger partial charge < -0.3 is 18.6 Å². The van der Waals surface area contributed by atoms with Gasteiger partial charge in [-0.1, -0.05) is 30.0 Å². The standard InChI is InChI=1S/C21H21N3O6S2/c25-32(26,24-8-10-27-11-9-24)17-5-3-4-15(12-17)20-22-23-21(30-20)31-14-16-13-28-18-6-1-2-7-19(18)29-16/h1-7,12,16H,8-11,13-14H2/t16-/m0/s1. The maximum atomic E-state index is 12.9. The minimum atomic E-state index is -3.61. The molecule has 1 aromatic heterocycles. The summed E-state index contributed by atoms with van der Waals surface area (Å²) in [7, 11) is -3.61. The van der Waals surface area contributed by atoms with Gasteiger partial charge in [0.1, 0.15) is 12.7 Å². The monoisotopic (exact) mass is 475 g/mol. The molecule has 0 N–H and O–H groups in total. The van der Waals surface area contributed by atoms with Crippen LogP contribution in [0.3, 0.4) is 0 Å². The van der Waals surface area contributed by atoms with Gasteiger partial charge >= 0.3 is 0 Å². The number of aromatic nitrogens is 2. The van der Waals surface area contributed by atoms with Gasteiger partial charge in [-0.3, -0.25) is 0 Å². The van der Waals surface area contributed by atoms with Crippen molar-refractivity contribution in [1.82, 2.24) is 14.5 Å². The summed E-state index contributed by atoms with van der Waals surface area (Å²) in [5.74, 6) is 2.29. The molecule has 2 aromatic carbocycles. The topological polar surface area (TPSA) is 104 Å². The molecule has 32 heavy (non-hydrogen) atoms. The van der Waals surface area contributed by atoms with Crippen molar-refractivity contribution in [2.24, 2.45) is 0 Å². The maximum absolute atomic E-state index is 12.9. The minimum Gasteiger partial charge on any atom is -0.486 e. The number of thioether (sulfide) groups is 1. The molecule has 3 heterocycles. The lowest BCUT2D eigenvalue weighted by molar-refractivity contribution is 0.0730. The van der Waals surface area contributed by atoms with Crippen molar-refractivity contribution < 1.29 is 27.0 Å². The number of para-hydroxylation sites is 2. The summed E-state index contributed by atoms with van der Waals surface area (Å²) in [6.45, 7) is 1.90. The molecule has 11 heteroatoms. The summed E-state index contributed by atoms with van der Waals surface area (Å²) >= 11 is 1.36. The predicted octanol–water partition coefficient (Wildman–Crippen LogP) is 2.69. The second kappa shape index (κ2) is 9.10. The molecule has 9 nitrogen and oxygen atoms in total. The Morgan fingerprint density at radius 1 is 1.03 bits per heavy atom. The number of fused-ring (bicyclic) bond motifs is 1. The maximum Gasteiger partial charge on any atom is 0.276 e. The van der Waals surface area contributed by atoms with Crippen molar-refractivity contribution in [3.8, 4) is 23.0 Å². The van der Waals surface area contributed by atoms with Crippen LogP contribution in [0.4, 0.5) is 0 Å². The fourth-order valence-corrected chi connectivity index (χ4v) is 5.60. The Labute approximate surface area is 189 Å². The molecular weight excluding hydrogens is 454 g/mol. The molecule has 0 radical (unpaired) electrons. The van der Waals surface area contributed by atoms with Crippen LogP contribution >= 0.6 is 11.8 Å². The first-order valence-corrected chi connectivity index (χ1v) is 12.6. The van der Waals surface area contributed by atoms with Crippen LogP contribution in [0.15, 0.2) is 63.1 Å². The van der Waals surface area contributed by atoms with Crippen LogP contribution in [0.2, 0.25) is 0 Å². The van der Waals surface area contributed by atoms with Crippen molar-refractivity contribution in [2.75, 3.05) is 38.7 Å². The first-order valence-electron chi connectivity index (χ1n) is 10.1. The summed E-state index contributed by atoms with van der Waals surface area (Å²) in [6.07, 6.45) is -0.146. The molecule has 168 valence electrons. The molecular formula is C21H21N3O6S2. The zero-order valence-corrected chi connectivity index (χ0v) is 18.7. The van der Waals surface area contributed by atoms with E-state index in [4.69, 9.17) is 18.6 Å². The molecule has 0 amide bonds. The Hall–Kier alpha value is -2.60. The quantitative estimate of drug-likeness (QED) is 0.498. The van der Waals surface area contributed by atoms with Crippen LogP contribution in [0.1, 0.15) is 0 Å². The van der Waals surface area contributed by atoms with E-state index in [1.807, 2.05) is 24.3 Å². The smallest absolute Gasteiger partial charge is 0.276 e. The molecule has 1 atom stereocenters. The second-order valence-corrected chi connectivity index (χ2v) is 10.1. The van der Waals surface area contributed by atoms with E-state index in [-0.39, 0.29) is 16.9 Å². The van der Waals surface area contributed by atoms with E-state index < -0.39 is 10.0 Å². The van der Waals surface area contributed by atoms with Gasteiger partial charge in [0, 0.05) is 24.4 Å². The third-order valence-electron chi connectivity index (χ3n) is 5.06. The molecule has 5 rings (SSSR count). The Bertz CT molecular complexity index is 1190. The van der Waals surface area contributed by atoms with Crippen molar-refractivity contribution >= 4 is 21.8 Å². The summed E-state index contributed by atoms with van der Waals surface area (Å²) in [5, 5.41) is 8.54. The fraction of sp³-hybridized carbons (Fsp3) is 0.333. The zero-order chi connectivity index (χ0) is 22.0. The summed E-state index contributed by atoms with van der Waals surface area (Å²) in [5.41, 5.74) is 0.546. The van der Waals surface area contributed by atoms with E-state index in [9.17, 15) is 8.42 Å². The number of nitrogens with zero attached hydrogens (tertiary/aromatic N) is 3. The Balaban J connectivity index is 1.25. The molecule has 0 saturated carbocycles. The molecule has 1 saturated heterocycles. The van der Waals surface area contributed by atoms with E-state index in [0.29, 0.717) is 55.2 Å². The van der Waals surface area contributed by atoms with Crippen molar-refractivity contribution in [1.29, 1.82) is 0 Å². The fourth-order valence-electron chi connectivity index (χ4n) is 3.42. The third-order valence-corrected chi connectivity index (χ3v) is 7.90. The van der Waals surface area contributed by atoms with Crippen molar-refractivity contribution in [2.45, 2.75) is 16.2 Å². The van der Waals surface area contributed by atoms with Crippen LogP contribution in [0.25, 0.3) is 11.5 Å². The third kappa shape index (κ3) is 4.46. The predicted molar refractivity (Wildman–Crippen MR) is 116 cm³/mol. The molecule has 0 bridgehead atoms. The number of hydrogen-bond donors (Lipinski definition) is 0. The highest BCUT2D eigenvalue weighted by Gasteiger charge is 2.27. The number of ether oxygens (including phenoxy) is 3. The highest BCUT2D eigenvalue weighted by Crippen LogP contribution is 2.33. The summed E-state index contributed by atoms with van der Waals surface area (Å²) < 4.78 is 49.9. The lowest BCUT2D eigenvalue weighted by atomic mass is 10.2. The van der Waals surface area contributed by atoms with E-state index >= 15 is 0 Å². The number of rotatable bonds is 6. The average molecular weight is 476 g/mol. The average Bonchev–Trinajstić information content (AvgIpc) is 3.32. The van der Waals surface area contributed by atoms with Crippen molar-refractivity contribution in [3.05, 3.63) is 48.5 Å². The van der Waals surface area contributed by atoms with E-state index in [0.717, 1.165) is 5.75 Å². The highest BCUT2D eigenvalue weighted by atomic mass is 32.2. The summed E-state index contributed by atoms with van der Waals surface area (Å²) in [4.78, 5) is 0.190. The normalized spacial score (nSPS) is 19.1. The molecule has 1 fully saturated rings. The minimum absolute atomic E-state index is 0.146. The largest absolute Gasteiger partial charge is 0.486 e. The molecule has 2 aliphatic heterocycles. The lowest BCUT2D eigenvalue weighted by Crippen LogP contribution is -2.40. The van der Waals surface area contributed by atoms with Gasteiger partial charge in [0.15, 0.2) is 11.5 Å². The van der Waals surface area contributed by atoms with Gasteiger partial charge in [0.2, 0.25) is 15.9 Å². The first kappa shape index (κ1) is 21.3. The van der Waals surface area contributed by atoms with Gasteiger partial charge in [-0.05, 0) is 30.3 Å². The molecule has 0 unspecified atom stereocenters. The lowest BCUT2D eigenvalue weighted by Gasteiger charge is -2.26. The number of morpholine rings is 1. The van der Waals surface area contributed by atoms with Crippen LogP contribution in [0, 0.1) is 0 Å². The van der Waals surface area contributed by atoms with Crippen LogP contribution < -0.4 is 9.47 Å². The van der Waals surface area contributed by atoms with Crippen LogP contribution in [-0.2, 0) is 14.8 Å². The molecule has 0 spiro atoms. The van der Waals surface area contributed by atoms with E-state index in [1.54, 1.807) is 24.3 Å². The zero-order valence-electron chi connectivity index (χ0n) is 17.0. The second-order valence-electron chi connectivity index (χ2n) is 7.23. The van der Waals surface area contributed by atoms with E-state index in [2.05, 4.69) is 10.2 Å². The Kier molecular flexibility index (Phi) is 6.05. The van der Waals surface area contributed by atoms with Crippen molar-refractivity contribution in [3.63, 3.8) is 0 Å². The summed E-state index contributed by atoms with van der Waals surface area (Å²) in [6, 6.07) is 14.1. The Morgan fingerprint density at radius 3 is 2.69 bits per heavy atom. The molecule has 0 aliphatic carbocycles. The first-order chi connectivity index (χ1) is 15.6. The number of hydrogen-bond acceptors (Lipinski definition) is 9. The number of sulfonamides is 1. The van der Waals surface area contributed by atoms with Gasteiger partial charge in [0.05, 0.1) is 18.1 Å². The highest BCUT2D eigenvalue weighted by molar-refractivity contribution is 7.99. The van der Waals surface area contributed by atoms with Gasteiger partial charge in [-0.15, -0.1) is 10.2 Å². The van der Waals surface area contributed by atoms with Gasteiger partial charge in [-0.2, -0.15) is 4.31 Å². The molecule has 2 aliphatic rings. The van der Waals surface area contributed by atoms with Gasteiger partial charge in [-0.25, -0.2) is 8.42 Å². The van der Waals surface area contributed by atoms with E-state index in [1.165, 1.54) is 16.1 Å². The number of benzene rings is 2. The SMILES string of the molecule is O=S(=O)(c1cccc(-c2nnc(SC[C@@H]3COc4ccccc4O3)o2)c1)N1CCOCC1. The van der Waals surface area contributed by atoms with Gasteiger partial charge in [0.25, 0.3) is 5.22 Å². The molecule has 3 aromatic rings.